The van der Waals surface area contributed by atoms with E-state index in [1.54, 1.807) is 0 Å². The number of anilines is 1. The number of nitrogens with zero attached hydrogens (tertiary/aromatic N) is 1. The molecular formula is C22H20ClF4N3O3. The number of fused-ring (bicyclic) bond motifs is 1. The number of nitrogens with one attached hydrogen (secondary N) is 1. The zero-order valence-corrected chi connectivity index (χ0v) is 17.2. The van der Waals surface area contributed by atoms with E-state index in [-0.39, 0.29) is 28.9 Å². The van der Waals surface area contributed by atoms with Crippen LogP contribution in [0.5, 0.6) is 0 Å². The molecule has 1 heterocycles. The van der Waals surface area contributed by atoms with E-state index in [2.05, 4.69) is 5.32 Å². The molecule has 0 saturated heterocycles. The maximum Gasteiger partial charge on any atom is 0.419 e. The Kier molecular flexibility index (Phi) is 7.53. The van der Waals surface area contributed by atoms with E-state index >= 15 is 0 Å². The maximum atomic E-state index is 14.2. The van der Waals surface area contributed by atoms with Crippen molar-refractivity contribution < 1.29 is 27.2 Å². The Bertz CT molecular complexity index is 1290. The number of benzene rings is 2. The molecule has 0 radical (unpaired) electrons. The molecule has 0 bridgehead atoms. The average molecular weight is 486 g/mol. The van der Waals surface area contributed by atoms with Crippen LogP contribution in [0.25, 0.3) is 10.8 Å². The summed E-state index contributed by atoms with van der Waals surface area (Å²) in [4.78, 5) is 36.6. The summed E-state index contributed by atoms with van der Waals surface area (Å²) in [5.41, 5.74) is 2.78. The van der Waals surface area contributed by atoms with E-state index in [1.807, 2.05) is 0 Å². The van der Waals surface area contributed by atoms with Crippen molar-refractivity contribution in [1.82, 2.24) is 4.57 Å². The van der Waals surface area contributed by atoms with Gasteiger partial charge in [0, 0.05) is 17.0 Å². The molecule has 3 rings (SSSR count). The van der Waals surface area contributed by atoms with E-state index in [4.69, 9.17) is 17.3 Å². The first-order valence-corrected chi connectivity index (χ1v) is 9.56. The summed E-state index contributed by atoms with van der Waals surface area (Å²) in [7, 11) is 0. The van der Waals surface area contributed by atoms with Gasteiger partial charge in [-0.05, 0) is 36.8 Å². The predicted octanol–water partition coefficient (Wildman–Crippen LogP) is 4.68. The van der Waals surface area contributed by atoms with E-state index < -0.39 is 53.0 Å². The lowest BCUT2D eigenvalue weighted by Crippen LogP contribution is -2.31. The van der Waals surface area contributed by atoms with E-state index in [9.17, 15) is 31.9 Å². The van der Waals surface area contributed by atoms with Crippen molar-refractivity contribution in [3.05, 3.63) is 74.9 Å². The summed E-state index contributed by atoms with van der Waals surface area (Å²) in [5.74, 6) is -3.10. The van der Waals surface area contributed by atoms with Crippen LogP contribution in [0.1, 0.15) is 31.5 Å². The number of amides is 2. The molecule has 33 heavy (non-hydrogen) atoms. The molecule has 176 valence electrons. The summed E-state index contributed by atoms with van der Waals surface area (Å²) < 4.78 is 54.0. The second-order valence-electron chi connectivity index (χ2n) is 6.99. The Morgan fingerprint density at radius 2 is 1.82 bits per heavy atom. The van der Waals surface area contributed by atoms with Gasteiger partial charge in [0.05, 0.1) is 22.7 Å². The second kappa shape index (κ2) is 9.62. The third-order valence-corrected chi connectivity index (χ3v) is 5.20. The minimum Gasteiger partial charge on any atom is -0.368 e. The van der Waals surface area contributed by atoms with Crippen molar-refractivity contribution in [2.24, 2.45) is 5.73 Å². The third-order valence-electron chi connectivity index (χ3n) is 4.89. The Balaban J connectivity index is 0.00000385. The first-order valence-electron chi connectivity index (χ1n) is 9.19. The molecule has 3 aromatic rings. The van der Waals surface area contributed by atoms with Crippen LogP contribution in [0.3, 0.4) is 0 Å². The van der Waals surface area contributed by atoms with Crippen LogP contribution in [0.15, 0.2) is 47.4 Å². The summed E-state index contributed by atoms with van der Waals surface area (Å²) in [6.07, 6.45) is -4.30. The van der Waals surface area contributed by atoms with Gasteiger partial charge in [-0.3, -0.25) is 14.4 Å². The molecule has 6 nitrogen and oxygen atoms in total. The summed E-state index contributed by atoms with van der Waals surface area (Å²) in [6, 6.07) is 5.89. The number of primary amides is 1. The third kappa shape index (κ3) is 5.16. The molecule has 0 aliphatic heterocycles. The van der Waals surface area contributed by atoms with Crippen LogP contribution in [-0.4, -0.2) is 16.4 Å². The molecule has 0 aliphatic carbocycles. The number of halogens is 5. The van der Waals surface area contributed by atoms with Gasteiger partial charge in [-0.2, -0.15) is 13.2 Å². The number of alkyl halides is 3. The van der Waals surface area contributed by atoms with Gasteiger partial charge in [0.2, 0.25) is 11.8 Å². The molecule has 11 heteroatoms. The standard InChI is InChI=1S/C21H16ClF4N3O3.CH4/c1-10(19(27)31)29-8-7-12-13(20(29)32)5-6-15(22)18(12)28-16(30)9-11-3-2-4-14(17(11)23)21(24,25)26;/h2-8,10H,9H2,1H3,(H2,27,31)(H,28,30);1H4/t10-;/m1./s1. The molecule has 1 aromatic heterocycles. The van der Waals surface area contributed by atoms with E-state index in [0.29, 0.717) is 6.07 Å². The van der Waals surface area contributed by atoms with Gasteiger partial charge >= 0.3 is 6.18 Å². The van der Waals surface area contributed by atoms with Gasteiger partial charge in [-0.15, -0.1) is 0 Å². The van der Waals surface area contributed by atoms with Crippen molar-refractivity contribution in [3.8, 4) is 0 Å². The molecule has 2 aromatic carbocycles. The van der Waals surface area contributed by atoms with Crippen LogP contribution >= 0.6 is 11.6 Å². The zero-order valence-electron chi connectivity index (χ0n) is 16.5. The number of carbonyl (C=O) groups is 2. The molecule has 3 N–H and O–H groups in total. The van der Waals surface area contributed by atoms with Gasteiger partial charge in [0.15, 0.2) is 0 Å². The normalized spacial score (nSPS) is 12.2. The number of rotatable bonds is 5. The average Bonchev–Trinajstić information content (AvgIpc) is 2.70. The predicted molar refractivity (Wildman–Crippen MR) is 118 cm³/mol. The topological polar surface area (TPSA) is 94.2 Å². The Labute approximate surface area is 190 Å². The van der Waals surface area contributed by atoms with E-state index in [0.717, 1.165) is 16.7 Å². The largest absolute Gasteiger partial charge is 0.419 e. The van der Waals surface area contributed by atoms with Crippen molar-refractivity contribution in [2.75, 3.05) is 5.32 Å². The lowest BCUT2D eigenvalue weighted by atomic mass is 10.1. The molecule has 2 amide bonds. The van der Waals surface area contributed by atoms with Crippen LogP contribution in [0.2, 0.25) is 5.02 Å². The molecule has 0 aliphatic rings. The summed E-state index contributed by atoms with van der Waals surface area (Å²) in [6.45, 7) is 1.44. The quantitative estimate of drug-likeness (QED) is 0.514. The van der Waals surface area contributed by atoms with Crippen LogP contribution < -0.4 is 16.6 Å². The molecule has 0 unspecified atom stereocenters. The van der Waals surface area contributed by atoms with Gasteiger partial charge in [-0.25, -0.2) is 4.39 Å². The zero-order chi connectivity index (χ0) is 23.8. The first-order chi connectivity index (χ1) is 14.9. The minimum atomic E-state index is -4.91. The number of aromatic nitrogens is 1. The van der Waals surface area contributed by atoms with Gasteiger partial charge in [0.1, 0.15) is 11.9 Å². The fourth-order valence-electron chi connectivity index (χ4n) is 3.18. The highest BCUT2D eigenvalue weighted by atomic mass is 35.5. The highest BCUT2D eigenvalue weighted by Gasteiger charge is 2.35. The molecule has 1 atom stereocenters. The van der Waals surface area contributed by atoms with Crippen molar-refractivity contribution in [2.45, 2.75) is 33.0 Å². The van der Waals surface area contributed by atoms with Gasteiger partial charge < -0.3 is 15.6 Å². The highest BCUT2D eigenvalue weighted by Crippen LogP contribution is 2.33. The summed E-state index contributed by atoms with van der Waals surface area (Å²) >= 11 is 6.15. The minimum absolute atomic E-state index is 0. The lowest BCUT2D eigenvalue weighted by Gasteiger charge is -2.15. The Morgan fingerprint density at radius 3 is 2.42 bits per heavy atom. The molecular weight excluding hydrogens is 466 g/mol. The fourth-order valence-corrected chi connectivity index (χ4v) is 3.39. The van der Waals surface area contributed by atoms with Crippen LogP contribution in [0.4, 0.5) is 23.2 Å². The van der Waals surface area contributed by atoms with E-state index in [1.165, 1.54) is 31.3 Å². The van der Waals surface area contributed by atoms with Gasteiger partial charge in [-0.1, -0.05) is 31.2 Å². The van der Waals surface area contributed by atoms with Crippen molar-refractivity contribution >= 4 is 39.9 Å². The molecule has 0 fully saturated rings. The smallest absolute Gasteiger partial charge is 0.368 e. The number of hydrogen-bond acceptors (Lipinski definition) is 3. The maximum absolute atomic E-state index is 14.2. The Morgan fingerprint density at radius 1 is 1.15 bits per heavy atom. The molecule has 0 spiro atoms. The van der Waals surface area contributed by atoms with Gasteiger partial charge in [0.25, 0.3) is 5.56 Å². The fraction of sp³-hybridized carbons (Fsp3) is 0.227. The monoisotopic (exact) mass is 485 g/mol. The second-order valence-corrected chi connectivity index (χ2v) is 7.40. The van der Waals surface area contributed by atoms with Crippen LogP contribution in [-0.2, 0) is 22.2 Å². The number of hydrogen-bond donors (Lipinski definition) is 2. The number of carbonyl (C=O) groups excluding carboxylic acids is 2. The highest BCUT2D eigenvalue weighted by molar-refractivity contribution is 6.35. The first kappa shape index (κ1) is 25.9. The Hall–Kier alpha value is -3.40. The van der Waals surface area contributed by atoms with Crippen molar-refractivity contribution in [3.63, 3.8) is 0 Å². The SMILES string of the molecule is C.C[C@H](C(N)=O)n1ccc2c(NC(=O)Cc3cccc(C(F)(F)F)c3F)c(Cl)ccc2c1=O. The molecule has 0 saturated carbocycles. The van der Waals surface area contributed by atoms with Crippen molar-refractivity contribution in [1.29, 1.82) is 0 Å². The summed E-state index contributed by atoms with van der Waals surface area (Å²) in [5, 5.41) is 2.82. The number of pyridine rings is 1. The lowest BCUT2D eigenvalue weighted by molar-refractivity contribution is -0.140. The number of nitrogens with two attached hydrogens (primary N) is 1. The van der Waals surface area contributed by atoms with Crippen LogP contribution in [0, 0.1) is 5.82 Å².